The van der Waals surface area contributed by atoms with Crippen molar-refractivity contribution in [2.24, 2.45) is 11.0 Å². The zero-order valence-electron chi connectivity index (χ0n) is 19.9. The van der Waals surface area contributed by atoms with Gasteiger partial charge in [0.25, 0.3) is 0 Å². The van der Waals surface area contributed by atoms with E-state index in [2.05, 4.69) is 26.0 Å². The zero-order valence-corrected chi connectivity index (χ0v) is 20.7. The number of hydrogen-bond acceptors (Lipinski definition) is 6. The lowest BCUT2D eigenvalue weighted by atomic mass is 10.0. The lowest BCUT2D eigenvalue weighted by molar-refractivity contribution is -0.128. The highest BCUT2D eigenvalue weighted by Crippen LogP contribution is 2.20. The summed E-state index contributed by atoms with van der Waals surface area (Å²) in [7, 11) is 1.42. The predicted molar refractivity (Wildman–Crippen MR) is 129 cm³/mol. The first-order valence-electron chi connectivity index (χ1n) is 10.7. The Morgan fingerprint density at radius 3 is 2.43 bits per heavy atom. The molecule has 0 saturated heterocycles. The van der Waals surface area contributed by atoms with E-state index in [1.165, 1.54) is 14.0 Å². The van der Waals surface area contributed by atoms with E-state index in [9.17, 15) is 19.2 Å². The lowest BCUT2D eigenvalue weighted by Crippen LogP contribution is -2.53. The second kappa shape index (κ2) is 14.5. The maximum absolute atomic E-state index is 12.7. The van der Waals surface area contributed by atoms with Gasteiger partial charge in [0.2, 0.25) is 11.8 Å². The highest BCUT2D eigenvalue weighted by atomic mass is 35.5. The number of hydrogen-bond donors (Lipinski definition) is 4. The minimum Gasteiger partial charge on any atom is -0.465 e. The van der Waals surface area contributed by atoms with Crippen molar-refractivity contribution >= 4 is 41.3 Å². The van der Waals surface area contributed by atoms with E-state index in [1.54, 1.807) is 32.0 Å². The second-order valence-corrected chi connectivity index (χ2v) is 8.20. The highest BCUT2D eigenvalue weighted by molar-refractivity contribution is 6.17. The van der Waals surface area contributed by atoms with E-state index >= 15 is 0 Å². The first-order chi connectivity index (χ1) is 16.5. The van der Waals surface area contributed by atoms with Crippen LogP contribution in [0.1, 0.15) is 31.9 Å². The van der Waals surface area contributed by atoms with E-state index in [0.717, 1.165) is 10.5 Å². The van der Waals surface area contributed by atoms with Gasteiger partial charge in [-0.3, -0.25) is 9.59 Å². The van der Waals surface area contributed by atoms with E-state index in [0.29, 0.717) is 11.3 Å². The number of azide groups is 1. The van der Waals surface area contributed by atoms with Gasteiger partial charge >= 0.3 is 12.2 Å². The van der Waals surface area contributed by atoms with Crippen molar-refractivity contribution in [1.29, 1.82) is 0 Å². The van der Waals surface area contributed by atoms with Gasteiger partial charge in [0.1, 0.15) is 12.1 Å². The van der Waals surface area contributed by atoms with Crippen molar-refractivity contribution in [3.63, 3.8) is 0 Å². The van der Waals surface area contributed by atoms with Crippen LogP contribution in [0.15, 0.2) is 23.3 Å². The molecule has 1 rings (SSSR count). The van der Waals surface area contributed by atoms with Gasteiger partial charge in [-0.15, -0.1) is 11.6 Å². The zero-order chi connectivity index (χ0) is 26.5. The summed E-state index contributed by atoms with van der Waals surface area (Å²) in [5.41, 5.74) is 9.97. The topological polar surface area (TPSA) is 186 Å². The SMILES string of the molecule is CC(C)[C@H](NC(=O)OCCN=[N+]=[N-])C(=O)N[C@@H](C)C(=O)Nc1ccc(CCl)c(CN(C)C(=O)O)c1. The summed E-state index contributed by atoms with van der Waals surface area (Å²) >= 11 is 5.94. The normalized spacial score (nSPS) is 12.1. The number of benzene rings is 1. The Bertz CT molecular complexity index is 967. The minimum atomic E-state index is -1.11. The molecule has 0 radical (unpaired) electrons. The molecule has 1 aromatic rings. The molecule has 4 amide bonds. The number of nitrogens with one attached hydrogen (secondary N) is 3. The Labute approximate surface area is 207 Å². The number of carboxylic acid groups (broad SMARTS) is 1. The summed E-state index contributed by atoms with van der Waals surface area (Å²) in [6.07, 6.45) is -1.97. The third-order valence-corrected chi connectivity index (χ3v) is 5.10. The number of ether oxygens (including phenoxy) is 1. The average molecular weight is 512 g/mol. The van der Waals surface area contributed by atoms with Crippen LogP contribution in [0.5, 0.6) is 0 Å². The van der Waals surface area contributed by atoms with Crippen LogP contribution in [0.25, 0.3) is 10.4 Å². The van der Waals surface area contributed by atoms with Crippen LogP contribution in [0.4, 0.5) is 15.3 Å². The second-order valence-electron chi connectivity index (χ2n) is 7.93. The molecule has 192 valence electrons. The lowest BCUT2D eigenvalue weighted by Gasteiger charge is -2.23. The van der Waals surface area contributed by atoms with Gasteiger partial charge in [-0.05, 0) is 41.6 Å². The number of rotatable bonds is 12. The summed E-state index contributed by atoms with van der Waals surface area (Å²) in [6.45, 7) is 4.80. The third kappa shape index (κ3) is 9.98. The van der Waals surface area contributed by atoms with Crippen molar-refractivity contribution < 1.29 is 29.0 Å². The molecule has 0 fully saturated rings. The van der Waals surface area contributed by atoms with Crippen molar-refractivity contribution in [1.82, 2.24) is 15.5 Å². The molecule has 4 N–H and O–H groups in total. The first-order valence-corrected chi connectivity index (χ1v) is 11.2. The minimum absolute atomic E-state index is 0.0418. The third-order valence-electron chi connectivity index (χ3n) is 4.81. The van der Waals surface area contributed by atoms with Crippen LogP contribution in [0.3, 0.4) is 0 Å². The Morgan fingerprint density at radius 1 is 1.17 bits per heavy atom. The molecule has 0 aliphatic rings. The monoisotopic (exact) mass is 511 g/mol. The van der Waals surface area contributed by atoms with Crippen LogP contribution >= 0.6 is 11.6 Å². The van der Waals surface area contributed by atoms with E-state index < -0.39 is 36.1 Å². The smallest absolute Gasteiger partial charge is 0.407 e. The fourth-order valence-electron chi connectivity index (χ4n) is 2.85. The standard InChI is InChI=1S/C21H30ClN7O6/c1-12(2)17(27-20(32)35-8-7-24-28-23)19(31)25-13(3)18(30)26-16-6-5-14(10-22)15(9-16)11-29(4)21(33)34/h5-6,9,12-13,17H,7-8,10-11H2,1-4H3,(H,25,31)(H,26,30)(H,27,32)(H,33,34)/t13-,17-/m0/s1. The largest absolute Gasteiger partial charge is 0.465 e. The van der Waals surface area contributed by atoms with Gasteiger partial charge < -0.3 is 30.7 Å². The number of nitrogens with zero attached hydrogens (tertiary/aromatic N) is 4. The maximum atomic E-state index is 12.7. The fourth-order valence-corrected chi connectivity index (χ4v) is 3.11. The van der Waals surface area contributed by atoms with Gasteiger partial charge in [0.15, 0.2) is 0 Å². The molecule has 0 aliphatic carbocycles. The van der Waals surface area contributed by atoms with Gasteiger partial charge in [0.05, 0.1) is 13.2 Å². The van der Waals surface area contributed by atoms with Crippen LogP contribution < -0.4 is 16.0 Å². The average Bonchev–Trinajstić information content (AvgIpc) is 2.80. The molecule has 35 heavy (non-hydrogen) atoms. The van der Waals surface area contributed by atoms with Crippen molar-refractivity contribution in [2.45, 2.75) is 45.3 Å². The van der Waals surface area contributed by atoms with E-state index in [-0.39, 0.29) is 31.5 Å². The van der Waals surface area contributed by atoms with Crippen molar-refractivity contribution in [3.05, 3.63) is 39.8 Å². The number of halogens is 1. The molecule has 0 aromatic heterocycles. The Hall–Kier alpha value is -3.70. The molecule has 14 heteroatoms. The van der Waals surface area contributed by atoms with Crippen LogP contribution in [-0.4, -0.2) is 66.3 Å². The van der Waals surface area contributed by atoms with E-state index in [1.807, 2.05) is 0 Å². The van der Waals surface area contributed by atoms with Crippen LogP contribution in [-0.2, 0) is 26.8 Å². The molecule has 0 heterocycles. The van der Waals surface area contributed by atoms with E-state index in [4.69, 9.17) is 27.0 Å². The number of amides is 4. The summed E-state index contributed by atoms with van der Waals surface area (Å²) in [6, 6.07) is 3.00. The Balaban J connectivity index is 2.79. The number of alkyl carbamates (subject to hydrolysis) is 1. The number of carbonyl (C=O) groups excluding carboxylic acids is 3. The summed E-state index contributed by atoms with van der Waals surface area (Å²) < 4.78 is 4.85. The molecular weight excluding hydrogens is 482 g/mol. The summed E-state index contributed by atoms with van der Waals surface area (Å²) in [5, 5.41) is 20.0. The van der Waals surface area contributed by atoms with Gasteiger partial charge in [0, 0.05) is 30.1 Å². The summed E-state index contributed by atoms with van der Waals surface area (Å²) in [4.78, 5) is 52.0. The fraction of sp³-hybridized carbons (Fsp3) is 0.524. The first kappa shape index (κ1) is 29.3. The van der Waals surface area contributed by atoms with Crippen LogP contribution in [0, 0.1) is 5.92 Å². The molecule has 2 atom stereocenters. The molecular formula is C21H30ClN7O6. The molecule has 13 nitrogen and oxygen atoms in total. The van der Waals surface area contributed by atoms with Crippen LogP contribution in [0.2, 0.25) is 0 Å². The van der Waals surface area contributed by atoms with Gasteiger partial charge in [-0.1, -0.05) is 25.0 Å². The quantitative estimate of drug-likeness (QED) is 0.110. The van der Waals surface area contributed by atoms with Crippen molar-refractivity contribution in [2.75, 3.05) is 25.5 Å². The van der Waals surface area contributed by atoms with Gasteiger partial charge in [-0.25, -0.2) is 9.59 Å². The number of alkyl halides is 1. The Morgan fingerprint density at radius 2 is 1.86 bits per heavy atom. The highest BCUT2D eigenvalue weighted by Gasteiger charge is 2.27. The van der Waals surface area contributed by atoms with Gasteiger partial charge in [-0.2, -0.15) is 0 Å². The molecule has 0 bridgehead atoms. The molecule has 0 aliphatic heterocycles. The summed E-state index contributed by atoms with van der Waals surface area (Å²) in [5.74, 6) is -1.25. The number of carbonyl (C=O) groups is 4. The molecule has 0 unspecified atom stereocenters. The molecule has 0 spiro atoms. The number of anilines is 1. The van der Waals surface area contributed by atoms with Crippen molar-refractivity contribution in [3.8, 4) is 0 Å². The predicted octanol–water partition coefficient (Wildman–Crippen LogP) is 3.04. The maximum Gasteiger partial charge on any atom is 0.407 e. The molecule has 0 saturated carbocycles. The molecule has 1 aromatic carbocycles. The Kier molecular flexibility index (Phi) is 12.2.